The molecule has 2 atom stereocenters. The van der Waals surface area contributed by atoms with Gasteiger partial charge in [-0.1, -0.05) is 0 Å². The van der Waals surface area contributed by atoms with E-state index in [9.17, 15) is 9.90 Å². The molecule has 0 aromatic carbocycles. The smallest absolute Gasteiger partial charge is 0.242 e. The Morgan fingerprint density at radius 1 is 1.69 bits per heavy atom. The Kier molecular flexibility index (Phi) is 4.29. The second kappa shape index (κ2) is 5.12. The summed E-state index contributed by atoms with van der Waals surface area (Å²) in [7, 11) is 3.18. The highest BCUT2D eigenvalue weighted by Crippen LogP contribution is 2.38. The molecule has 0 bridgehead atoms. The summed E-state index contributed by atoms with van der Waals surface area (Å²) in [5.74, 6) is 0.187. The first-order valence-electron chi connectivity index (χ1n) is 5.61. The lowest BCUT2D eigenvalue weighted by Gasteiger charge is -2.30. The number of nitrogens with zero attached hydrogens (tertiary/aromatic N) is 1. The van der Waals surface area contributed by atoms with Crippen LogP contribution < -0.4 is 5.73 Å². The summed E-state index contributed by atoms with van der Waals surface area (Å²) in [4.78, 5) is 13.5. The summed E-state index contributed by atoms with van der Waals surface area (Å²) in [5.41, 5.74) is 5.22. The summed E-state index contributed by atoms with van der Waals surface area (Å²) in [6, 6.07) is 0. The van der Waals surface area contributed by atoms with Crippen molar-refractivity contribution in [1.29, 1.82) is 0 Å². The Labute approximate surface area is 96.6 Å². The highest BCUT2D eigenvalue weighted by Gasteiger charge is 2.45. The summed E-state index contributed by atoms with van der Waals surface area (Å²) in [6.45, 7) is 2.25. The molecule has 0 spiro atoms. The molecule has 3 N–H and O–H groups in total. The van der Waals surface area contributed by atoms with Crippen molar-refractivity contribution in [2.75, 3.05) is 27.3 Å². The normalized spacial score (nSPS) is 21.3. The van der Waals surface area contributed by atoms with Crippen LogP contribution in [-0.2, 0) is 9.53 Å². The van der Waals surface area contributed by atoms with E-state index in [4.69, 9.17) is 10.5 Å². The molecular weight excluding hydrogens is 208 g/mol. The van der Waals surface area contributed by atoms with Crippen molar-refractivity contribution < 1.29 is 14.6 Å². The minimum atomic E-state index is -0.790. The zero-order valence-corrected chi connectivity index (χ0v) is 10.3. The fraction of sp³-hybridized carbons (Fsp3) is 0.909. The van der Waals surface area contributed by atoms with Gasteiger partial charge in [-0.15, -0.1) is 0 Å². The summed E-state index contributed by atoms with van der Waals surface area (Å²) < 4.78 is 4.81. The van der Waals surface area contributed by atoms with Crippen LogP contribution in [0, 0.1) is 5.92 Å². The molecule has 0 radical (unpaired) electrons. The van der Waals surface area contributed by atoms with E-state index < -0.39 is 11.6 Å². The number of ether oxygens (including phenoxy) is 1. The predicted molar refractivity (Wildman–Crippen MR) is 60.8 cm³/mol. The molecule has 5 heteroatoms. The van der Waals surface area contributed by atoms with Gasteiger partial charge < -0.3 is 20.5 Å². The Hall–Kier alpha value is -0.650. The monoisotopic (exact) mass is 230 g/mol. The Morgan fingerprint density at radius 3 is 2.69 bits per heavy atom. The first kappa shape index (κ1) is 13.4. The van der Waals surface area contributed by atoms with E-state index in [-0.39, 0.29) is 19.1 Å². The van der Waals surface area contributed by atoms with E-state index >= 15 is 0 Å². The van der Waals surface area contributed by atoms with Gasteiger partial charge in [-0.2, -0.15) is 0 Å². The molecule has 1 aliphatic carbocycles. The molecule has 2 unspecified atom stereocenters. The largest absolute Gasteiger partial charge is 0.389 e. The number of nitrogens with two attached hydrogens (primary N) is 1. The van der Waals surface area contributed by atoms with Crippen LogP contribution in [-0.4, -0.2) is 54.9 Å². The molecule has 1 fully saturated rings. The Morgan fingerprint density at radius 2 is 2.25 bits per heavy atom. The van der Waals surface area contributed by atoms with Crippen LogP contribution in [0.3, 0.4) is 0 Å². The van der Waals surface area contributed by atoms with Gasteiger partial charge in [-0.05, 0) is 25.7 Å². The third-order valence-electron chi connectivity index (χ3n) is 3.08. The van der Waals surface area contributed by atoms with E-state index in [0.29, 0.717) is 5.92 Å². The van der Waals surface area contributed by atoms with E-state index in [1.165, 1.54) is 12.0 Å². The van der Waals surface area contributed by atoms with Gasteiger partial charge >= 0.3 is 0 Å². The van der Waals surface area contributed by atoms with Crippen molar-refractivity contribution in [2.24, 2.45) is 11.7 Å². The average Bonchev–Trinajstić information content (AvgIpc) is 2.99. The number of likely N-dealkylation sites (N-methyl/N-ethyl adjacent to an activating group) is 1. The molecule has 0 heterocycles. The average molecular weight is 230 g/mol. The van der Waals surface area contributed by atoms with Crippen LogP contribution in [0.5, 0.6) is 0 Å². The van der Waals surface area contributed by atoms with Crippen molar-refractivity contribution in [1.82, 2.24) is 4.90 Å². The van der Waals surface area contributed by atoms with Crippen molar-refractivity contribution in [2.45, 2.75) is 31.4 Å². The molecule has 1 rings (SSSR count). The van der Waals surface area contributed by atoms with Gasteiger partial charge in [-0.25, -0.2) is 0 Å². The van der Waals surface area contributed by atoms with Gasteiger partial charge in [-0.3, -0.25) is 4.79 Å². The number of carbonyl (C=O) groups excluding carboxylic acids is 1. The zero-order valence-electron chi connectivity index (χ0n) is 10.3. The van der Waals surface area contributed by atoms with Crippen molar-refractivity contribution in [3.8, 4) is 0 Å². The number of aliphatic hydroxyl groups excluding tert-OH is 1. The van der Waals surface area contributed by atoms with Crippen molar-refractivity contribution >= 4 is 5.91 Å². The van der Waals surface area contributed by atoms with E-state index in [0.717, 1.165) is 12.8 Å². The first-order valence-corrected chi connectivity index (χ1v) is 5.61. The fourth-order valence-electron chi connectivity index (χ4n) is 1.91. The molecule has 1 aliphatic rings. The molecular formula is C11H22N2O3. The number of carbonyl (C=O) groups is 1. The molecule has 94 valence electrons. The quantitative estimate of drug-likeness (QED) is 0.650. The third-order valence-corrected chi connectivity index (χ3v) is 3.08. The van der Waals surface area contributed by atoms with E-state index in [1.807, 2.05) is 0 Å². The molecule has 5 nitrogen and oxygen atoms in total. The Balaban J connectivity index is 2.46. The highest BCUT2D eigenvalue weighted by atomic mass is 16.5. The molecule has 0 aromatic heterocycles. The summed E-state index contributed by atoms with van der Waals surface area (Å²) in [6.07, 6.45) is 1.38. The number of hydrogen-bond acceptors (Lipinski definition) is 4. The van der Waals surface area contributed by atoms with Gasteiger partial charge in [0, 0.05) is 20.7 Å². The maximum Gasteiger partial charge on any atom is 0.242 e. The van der Waals surface area contributed by atoms with Gasteiger partial charge in [0.2, 0.25) is 5.91 Å². The fourth-order valence-corrected chi connectivity index (χ4v) is 1.91. The molecule has 0 aromatic rings. The molecule has 16 heavy (non-hydrogen) atoms. The SMILES string of the molecule is COCC(O)CN(C)C(=O)C(C)(N)C1CC1. The molecule has 0 saturated heterocycles. The molecule has 0 aliphatic heterocycles. The lowest BCUT2D eigenvalue weighted by molar-refractivity contribution is -0.137. The van der Waals surface area contributed by atoms with E-state index in [2.05, 4.69) is 0 Å². The van der Waals surface area contributed by atoms with Gasteiger partial charge in [0.1, 0.15) is 0 Å². The minimum Gasteiger partial charge on any atom is -0.389 e. The van der Waals surface area contributed by atoms with Crippen LogP contribution >= 0.6 is 0 Å². The minimum absolute atomic E-state index is 0.106. The van der Waals surface area contributed by atoms with Crippen LogP contribution in [0.4, 0.5) is 0 Å². The number of methoxy groups -OCH3 is 1. The molecule has 1 amide bonds. The number of rotatable bonds is 6. The second-order valence-electron chi connectivity index (χ2n) is 4.85. The van der Waals surface area contributed by atoms with Crippen molar-refractivity contribution in [3.05, 3.63) is 0 Å². The maximum atomic E-state index is 12.0. The number of aliphatic hydroxyl groups is 1. The first-order chi connectivity index (χ1) is 7.39. The predicted octanol–water partition coefficient (Wildman–Crippen LogP) is -0.420. The number of hydrogen-bond donors (Lipinski definition) is 2. The zero-order chi connectivity index (χ0) is 12.3. The number of amides is 1. The van der Waals surface area contributed by atoms with E-state index in [1.54, 1.807) is 14.0 Å². The maximum absolute atomic E-state index is 12.0. The van der Waals surface area contributed by atoms with Gasteiger partial charge in [0.25, 0.3) is 0 Å². The standard InChI is InChI=1S/C11H22N2O3/c1-11(12,8-4-5-8)10(15)13(2)6-9(14)7-16-3/h8-9,14H,4-7,12H2,1-3H3. The third kappa shape index (κ3) is 3.17. The lowest BCUT2D eigenvalue weighted by atomic mass is 9.95. The van der Waals surface area contributed by atoms with Crippen LogP contribution in [0.1, 0.15) is 19.8 Å². The van der Waals surface area contributed by atoms with Crippen LogP contribution in [0.15, 0.2) is 0 Å². The summed E-state index contributed by atoms with van der Waals surface area (Å²) >= 11 is 0. The lowest BCUT2D eigenvalue weighted by Crippen LogP contribution is -2.55. The van der Waals surface area contributed by atoms with Crippen molar-refractivity contribution in [3.63, 3.8) is 0 Å². The Bertz CT molecular complexity index is 252. The second-order valence-corrected chi connectivity index (χ2v) is 4.85. The summed E-state index contributed by atoms with van der Waals surface area (Å²) in [5, 5.41) is 9.53. The van der Waals surface area contributed by atoms with Gasteiger partial charge in [0.05, 0.1) is 18.2 Å². The highest BCUT2D eigenvalue weighted by molar-refractivity contribution is 5.86. The topological polar surface area (TPSA) is 75.8 Å². The molecule has 1 saturated carbocycles. The van der Waals surface area contributed by atoms with Crippen LogP contribution in [0.25, 0.3) is 0 Å². The van der Waals surface area contributed by atoms with Crippen LogP contribution in [0.2, 0.25) is 0 Å². The van der Waals surface area contributed by atoms with Gasteiger partial charge in [0.15, 0.2) is 0 Å².